The molecule has 148 valence electrons. The maximum absolute atomic E-state index is 12.6. The van der Waals surface area contributed by atoms with Crippen LogP contribution in [0.2, 0.25) is 0 Å². The maximum atomic E-state index is 12.6. The molecule has 1 N–H and O–H groups in total. The number of hydrogen-bond acceptors (Lipinski definition) is 5. The molecule has 1 aromatic carbocycles. The molecule has 0 spiro atoms. The minimum Gasteiger partial charge on any atom is -0.352 e. The van der Waals surface area contributed by atoms with E-state index in [4.69, 9.17) is 0 Å². The van der Waals surface area contributed by atoms with Crippen LogP contribution in [-0.2, 0) is 7.05 Å². The lowest BCUT2D eigenvalue weighted by Gasteiger charge is -2.32. The van der Waals surface area contributed by atoms with Crippen molar-refractivity contribution < 1.29 is 4.79 Å². The van der Waals surface area contributed by atoms with Gasteiger partial charge in [0.25, 0.3) is 11.5 Å². The third-order valence-electron chi connectivity index (χ3n) is 5.53. The van der Waals surface area contributed by atoms with Gasteiger partial charge in [-0.15, -0.1) is 0 Å². The molecule has 0 atom stereocenters. The van der Waals surface area contributed by atoms with E-state index in [0.29, 0.717) is 23.1 Å². The molecule has 3 aromatic rings. The number of likely N-dealkylation sites (N-methyl/N-ethyl adjacent to an activating group) is 1. The van der Waals surface area contributed by atoms with E-state index in [0.717, 1.165) is 44.7 Å². The molecule has 28 heavy (non-hydrogen) atoms. The first-order valence-corrected chi connectivity index (χ1v) is 9.70. The summed E-state index contributed by atoms with van der Waals surface area (Å²) in [7, 11) is 3.86. The van der Waals surface area contributed by atoms with Crippen LogP contribution in [0.5, 0.6) is 0 Å². The Labute approximate surface area is 163 Å². The average molecular weight is 382 g/mol. The standard InChI is InChI=1S/C20H26N6O2/c1-23-10-12-25(13-11-23)9-3-7-21-19(27)15-4-5-16-18(14-15)24(2)20(28)17-6-8-22-26(16)17/h4-6,8,14H,3,7,9-13H2,1-2H3,(H,21,27). The number of rotatable bonds is 5. The Kier molecular flexibility index (Phi) is 5.15. The first-order chi connectivity index (χ1) is 13.5. The van der Waals surface area contributed by atoms with Crippen LogP contribution in [-0.4, -0.2) is 76.2 Å². The Bertz CT molecular complexity index is 1060. The minimum atomic E-state index is -0.130. The zero-order valence-electron chi connectivity index (χ0n) is 16.4. The molecule has 3 heterocycles. The molecule has 0 unspecified atom stereocenters. The van der Waals surface area contributed by atoms with Crippen molar-refractivity contribution >= 4 is 22.5 Å². The molecule has 0 bridgehead atoms. The fourth-order valence-corrected chi connectivity index (χ4v) is 3.73. The lowest BCUT2D eigenvalue weighted by Crippen LogP contribution is -2.45. The van der Waals surface area contributed by atoms with Crippen molar-refractivity contribution in [2.75, 3.05) is 46.3 Å². The van der Waals surface area contributed by atoms with Crippen molar-refractivity contribution in [3.05, 3.63) is 46.4 Å². The topological polar surface area (TPSA) is 74.9 Å². The van der Waals surface area contributed by atoms with Crippen molar-refractivity contribution in [2.45, 2.75) is 6.42 Å². The molecule has 0 aliphatic carbocycles. The van der Waals surface area contributed by atoms with Crippen LogP contribution in [0, 0.1) is 0 Å². The van der Waals surface area contributed by atoms with Gasteiger partial charge in [0, 0.05) is 45.3 Å². The molecule has 1 amide bonds. The van der Waals surface area contributed by atoms with Crippen LogP contribution in [0.1, 0.15) is 16.8 Å². The first kappa shape index (κ1) is 18.6. The monoisotopic (exact) mass is 382 g/mol. The van der Waals surface area contributed by atoms with E-state index in [1.54, 1.807) is 40.5 Å². The second kappa shape index (κ2) is 7.73. The summed E-state index contributed by atoms with van der Waals surface area (Å²) < 4.78 is 3.19. The van der Waals surface area contributed by atoms with Crippen molar-refractivity contribution in [1.82, 2.24) is 29.3 Å². The van der Waals surface area contributed by atoms with Gasteiger partial charge in [0.1, 0.15) is 5.52 Å². The number of piperazine rings is 1. The smallest absolute Gasteiger partial charge is 0.276 e. The zero-order chi connectivity index (χ0) is 19.7. The number of benzene rings is 1. The quantitative estimate of drug-likeness (QED) is 0.653. The fraction of sp³-hybridized carbons (Fsp3) is 0.450. The molecule has 1 fully saturated rings. The van der Waals surface area contributed by atoms with Crippen LogP contribution >= 0.6 is 0 Å². The van der Waals surface area contributed by atoms with Crippen molar-refractivity contribution in [3.63, 3.8) is 0 Å². The Morgan fingerprint density at radius 1 is 1.07 bits per heavy atom. The fourth-order valence-electron chi connectivity index (χ4n) is 3.73. The average Bonchev–Trinajstić information content (AvgIpc) is 3.20. The van der Waals surface area contributed by atoms with E-state index in [-0.39, 0.29) is 11.5 Å². The van der Waals surface area contributed by atoms with Crippen LogP contribution in [0.15, 0.2) is 35.3 Å². The number of hydrogen-bond donors (Lipinski definition) is 1. The third-order valence-corrected chi connectivity index (χ3v) is 5.53. The predicted octanol–water partition coefficient (Wildman–Crippen LogP) is 0.553. The summed E-state index contributed by atoms with van der Waals surface area (Å²) in [6.07, 6.45) is 2.53. The lowest BCUT2D eigenvalue weighted by molar-refractivity contribution is 0.0949. The molecule has 1 aliphatic heterocycles. The highest BCUT2D eigenvalue weighted by atomic mass is 16.1. The van der Waals surface area contributed by atoms with E-state index in [9.17, 15) is 9.59 Å². The molecule has 2 aromatic heterocycles. The van der Waals surface area contributed by atoms with E-state index in [2.05, 4.69) is 27.3 Å². The SMILES string of the molecule is CN1CCN(CCCNC(=O)c2ccc3c(c2)n(C)c(=O)c2ccnn23)CC1. The van der Waals surface area contributed by atoms with Gasteiger partial charge in [-0.1, -0.05) is 0 Å². The summed E-state index contributed by atoms with van der Waals surface area (Å²) in [6.45, 7) is 6.02. The largest absolute Gasteiger partial charge is 0.352 e. The predicted molar refractivity (Wildman–Crippen MR) is 109 cm³/mol. The summed E-state index contributed by atoms with van der Waals surface area (Å²) >= 11 is 0. The van der Waals surface area contributed by atoms with E-state index < -0.39 is 0 Å². The van der Waals surface area contributed by atoms with Crippen LogP contribution in [0.25, 0.3) is 16.6 Å². The molecule has 0 saturated carbocycles. The molecule has 8 nitrogen and oxygen atoms in total. The molecule has 1 saturated heterocycles. The number of aryl methyl sites for hydroxylation is 1. The highest BCUT2D eigenvalue weighted by Crippen LogP contribution is 2.15. The number of amides is 1. The Morgan fingerprint density at radius 2 is 1.86 bits per heavy atom. The molecule has 8 heteroatoms. The second-order valence-corrected chi connectivity index (χ2v) is 7.45. The summed E-state index contributed by atoms with van der Waals surface area (Å²) in [5, 5.41) is 7.22. The minimum absolute atomic E-state index is 0.117. The number of carbonyl (C=O) groups excluding carboxylic acids is 1. The number of aromatic nitrogens is 3. The van der Waals surface area contributed by atoms with Gasteiger partial charge in [0.05, 0.1) is 17.2 Å². The van der Waals surface area contributed by atoms with Gasteiger partial charge in [-0.3, -0.25) is 9.59 Å². The van der Waals surface area contributed by atoms with Gasteiger partial charge in [0.15, 0.2) is 0 Å². The number of nitrogens with zero attached hydrogens (tertiary/aromatic N) is 5. The highest BCUT2D eigenvalue weighted by Gasteiger charge is 2.14. The Morgan fingerprint density at radius 3 is 2.64 bits per heavy atom. The summed E-state index contributed by atoms with van der Waals surface area (Å²) in [6, 6.07) is 7.08. The molecular weight excluding hydrogens is 356 g/mol. The molecule has 4 rings (SSSR count). The number of fused-ring (bicyclic) bond motifs is 3. The van der Waals surface area contributed by atoms with Crippen molar-refractivity contribution in [2.24, 2.45) is 7.05 Å². The molecule has 1 aliphatic rings. The van der Waals surface area contributed by atoms with E-state index in [1.807, 2.05) is 6.07 Å². The molecular formula is C20H26N6O2. The number of carbonyl (C=O) groups is 1. The summed E-state index contributed by atoms with van der Waals surface area (Å²) in [5.74, 6) is -0.117. The summed E-state index contributed by atoms with van der Waals surface area (Å²) in [5.41, 5.74) is 2.43. The van der Waals surface area contributed by atoms with E-state index in [1.165, 1.54) is 0 Å². The van der Waals surface area contributed by atoms with Gasteiger partial charge < -0.3 is 19.7 Å². The normalized spacial score (nSPS) is 16.1. The van der Waals surface area contributed by atoms with Gasteiger partial charge >= 0.3 is 0 Å². The van der Waals surface area contributed by atoms with Gasteiger partial charge in [-0.05, 0) is 44.3 Å². The van der Waals surface area contributed by atoms with Crippen molar-refractivity contribution in [1.29, 1.82) is 0 Å². The van der Waals surface area contributed by atoms with Crippen LogP contribution in [0.3, 0.4) is 0 Å². The Hall–Kier alpha value is -2.71. The first-order valence-electron chi connectivity index (χ1n) is 9.70. The zero-order valence-corrected chi connectivity index (χ0v) is 16.4. The van der Waals surface area contributed by atoms with Gasteiger partial charge in [-0.2, -0.15) is 5.10 Å². The van der Waals surface area contributed by atoms with Gasteiger partial charge in [0.2, 0.25) is 0 Å². The van der Waals surface area contributed by atoms with Gasteiger partial charge in [-0.25, -0.2) is 4.52 Å². The Balaban J connectivity index is 1.42. The van der Waals surface area contributed by atoms with E-state index >= 15 is 0 Å². The van der Waals surface area contributed by atoms with Crippen molar-refractivity contribution in [3.8, 4) is 0 Å². The maximum Gasteiger partial charge on any atom is 0.276 e. The van der Waals surface area contributed by atoms with Crippen LogP contribution in [0.4, 0.5) is 0 Å². The number of nitrogens with one attached hydrogen (secondary N) is 1. The van der Waals surface area contributed by atoms with Crippen LogP contribution < -0.4 is 10.9 Å². The third kappa shape index (κ3) is 3.53. The highest BCUT2D eigenvalue weighted by molar-refractivity contribution is 5.97. The second-order valence-electron chi connectivity index (χ2n) is 7.45. The lowest BCUT2D eigenvalue weighted by atomic mass is 10.1. The summed E-state index contributed by atoms with van der Waals surface area (Å²) in [4.78, 5) is 29.8. The molecule has 0 radical (unpaired) electrons.